The molecule has 0 saturated heterocycles. The van der Waals surface area contributed by atoms with E-state index in [1.54, 1.807) is 38.4 Å². The molecule has 2 rings (SSSR count). The fraction of sp³-hybridized carbons (Fsp3) is 0.333. The molecule has 0 heterocycles. The summed E-state index contributed by atoms with van der Waals surface area (Å²) in [5.41, 5.74) is 2.14. The number of rotatable bonds is 8. The number of ether oxygens (including phenoxy) is 1. The minimum Gasteiger partial charge on any atom is -0.462 e. The number of nitrogens with zero attached hydrogens (tertiary/aromatic N) is 2. The van der Waals surface area contributed by atoms with Crippen molar-refractivity contribution in [3.63, 3.8) is 0 Å². The second-order valence-corrected chi connectivity index (χ2v) is 6.49. The van der Waals surface area contributed by atoms with Crippen LogP contribution in [0.3, 0.4) is 0 Å². The standard InChI is InChI=1S/C21H26N2O3/c1-22(2)20(24)18-11-7-12-19(15-18)21(25)26-14-8-13-23(3)16-17-9-5-4-6-10-17/h4-7,9-12,15H,8,13-14,16H2,1-3H3. The molecule has 0 atom stereocenters. The Hall–Kier alpha value is -2.66. The van der Waals surface area contributed by atoms with Crippen molar-refractivity contribution in [2.45, 2.75) is 13.0 Å². The Kier molecular flexibility index (Phi) is 7.36. The quantitative estimate of drug-likeness (QED) is 0.540. The smallest absolute Gasteiger partial charge is 0.338 e. The maximum absolute atomic E-state index is 12.2. The van der Waals surface area contributed by atoms with Crippen LogP contribution in [-0.4, -0.2) is 56.0 Å². The summed E-state index contributed by atoms with van der Waals surface area (Å²) in [7, 11) is 5.41. The van der Waals surface area contributed by atoms with Crippen LogP contribution in [0.15, 0.2) is 54.6 Å². The minimum absolute atomic E-state index is 0.137. The van der Waals surface area contributed by atoms with Gasteiger partial charge in [-0.15, -0.1) is 0 Å². The van der Waals surface area contributed by atoms with E-state index in [-0.39, 0.29) is 5.91 Å². The lowest BCUT2D eigenvalue weighted by molar-refractivity contribution is 0.0490. The first-order chi connectivity index (χ1) is 12.5. The highest BCUT2D eigenvalue weighted by Gasteiger charge is 2.12. The van der Waals surface area contributed by atoms with Crippen LogP contribution in [-0.2, 0) is 11.3 Å². The van der Waals surface area contributed by atoms with Crippen LogP contribution in [0.4, 0.5) is 0 Å². The topological polar surface area (TPSA) is 49.9 Å². The van der Waals surface area contributed by atoms with Crippen molar-refractivity contribution in [2.24, 2.45) is 0 Å². The van der Waals surface area contributed by atoms with Crippen molar-refractivity contribution in [1.82, 2.24) is 9.80 Å². The molecule has 2 aromatic carbocycles. The molecule has 0 aliphatic rings. The fourth-order valence-corrected chi connectivity index (χ4v) is 2.59. The van der Waals surface area contributed by atoms with Crippen LogP contribution in [0.2, 0.25) is 0 Å². The molecule has 0 spiro atoms. The van der Waals surface area contributed by atoms with Gasteiger partial charge in [-0.1, -0.05) is 36.4 Å². The van der Waals surface area contributed by atoms with Crippen LogP contribution in [0, 0.1) is 0 Å². The van der Waals surface area contributed by atoms with Crippen molar-refractivity contribution in [2.75, 3.05) is 34.3 Å². The predicted octanol–water partition coefficient (Wildman–Crippen LogP) is 3.07. The van der Waals surface area contributed by atoms with Gasteiger partial charge in [-0.3, -0.25) is 4.79 Å². The summed E-state index contributed by atoms with van der Waals surface area (Å²) < 4.78 is 5.33. The summed E-state index contributed by atoms with van der Waals surface area (Å²) in [5.74, 6) is -0.536. The molecule has 0 unspecified atom stereocenters. The molecule has 0 radical (unpaired) electrons. The van der Waals surface area contributed by atoms with Crippen molar-refractivity contribution in [3.8, 4) is 0 Å². The van der Waals surface area contributed by atoms with Crippen molar-refractivity contribution < 1.29 is 14.3 Å². The van der Waals surface area contributed by atoms with Crippen LogP contribution >= 0.6 is 0 Å². The highest BCUT2D eigenvalue weighted by Crippen LogP contribution is 2.09. The molecule has 2 aromatic rings. The third-order valence-corrected chi connectivity index (χ3v) is 3.96. The highest BCUT2D eigenvalue weighted by atomic mass is 16.5. The zero-order chi connectivity index (χ0) is 18.9. The number of benzene rings is 2. The largest absolute Gasteiger partial charge is 0.462 e. The zero-order valence-corrected chi connectivity index (χ0v) is 15.6. The average molecular weight is 354 g/mol. The molecule has 138 valence electrons. The fourth-order valence-electron chi connectivity index (χ4n) is 2.59. The van der Waals surface area contributed by atoms with Crippen LogP contribution < -0.4 is 0 Å². The average Bonchev–Trinajstić information content (AvgIpc) is 2.65. The van der Waals surface area contributed by atoms with Crippen LogP contribution in [0.5, 0.6) is 0 Å². The van der Waals surface area contributed by atoms with E-state index in [0.717, 1.165) is 19.5 Å². The summed E-state index contributed by atoms with van der Waals surface area (Å²) >= 11 is 0. The van der Waals surface area contributed by atoms with E-state index in [1.807, 2.05) is 25.2 Å². The Morgan fingerprint density at radius 1 is 0.923 bits per heavy atom. The van der Waals surface area contributed by atoms with E-state index in [0.29, 0.717) is 17.7 Å². The van der Waals surface area contributed by atoms with Gasteiger partial charge in [0.25, 0.3) is 5.91 Å². The second-order valence-electron chi connectivity index (χ2n) is 6.49. The molecule has 0 aliphatic heterocycles. The number of esters is 1. The van der Waals surface area contributed by atoms with E-state index < -0.39 is 5.97 Å². The maximum Gasteiger partial charge on any atom is 0.338 e. The van der Waals surface area contributed by atoms with Gasteiger partial charge in [0, 0.05) is 32.7 Å². The van der Waals surface area contributed by atoms with E-state index >= 15 is 0 Å². The normalized spacial score (nSPS) is 10.6. The lowest BCUT2D eigenvalue weighted by Crippen LogP contribution is -2.22. The van der Waals surface area contributed by atoms with Crippen LogP contribution in [0.1, 0.15) is 32.7 Å². The van der Waals surface area contributed by atoms with Crippen molar-refractivity contribution in [3.05, 3.63) is 71.3 Å². The van der Waals surface area contributed by atoms with Gasteiger partial charge in [0.05, 0.1) is 12.2 Å². The van der Waals surface area contributed by atoms with Gasteiger partial charge in [-0.25, -0.2) is 4.79 Å². The van der Waals surface area contributed by atoms with Gasteiger partial charge in [0.2, 0.25) is 0 Å². The predicted molar refractivity (Wildman–Crippen MR) is 102 cm³/mol. The molecule has 26 heavy (non-hydrogen) atoms. The number of hydrogen-bond donors (Lipinski definition) is 0. The van der Waals surface area contributed by atoms with Crippen molar-refractivity contribution >= 4 is 11.9 Å². The molecular formula is C21H26N2O3. The Bertz CT molecular complexity index is 729. The molecule has 5 heteroatoms. The first-order valence-corrected chi connectivity index (χ1v) is 8.68. The Labute approximate surface area is 155 Å². The van der Waals surface area contributed by atoms with Gasteiger partial charge in [0.1, 0.15) is 0 Å². The van der Waals surface area contributed by atoms with Gasteiger partial charge >= 0.3 is 5.97 Å². The van der Waals surface area contributed by atoms with E-state index in [2.05, 4.69) is 17.0 Å². The summed E-state index contributed by atoms with van der Waals surface area (Å²) in [6.45, 7) is 2.05. The minimum atomic E-state index is -0.399. The summed E-state index contributed by atoms with van der Waals surface area (Å²) in [6.07, 6.45) is 0.755. The molecular weight excluding hydrogens is 328 g/mol. The lowest BCUT2D eigenvalue weighted by Gasteiger charge is -2.16. The second kappa shape index (κ2) is 9.73. The highest BCUT2D eigenvalue weighted by molar-refractivity contribution is 5.97. The third-order valence-electron chi connectivity index (χ3n) is 3.96. The number of carbonyl (C=O) groups excluding carboxylic acids is 2. The summed E-state index contributed by atoms with van der Waals surface area (Å²) in [5, 5.41) is 0. The molecule has 1 amide bonds. The van der Waals surface area contributed by atoms with Gasteiger partial charge in [-0.2, -0.15) is 0 Å². The third kappa shape index (κ3) is 6.01. The Balaban J connectivity index is 1.76. The molecule has 0 aromatic heterocycles. The molecule has 0 saturated carbocycles. The molecule has 0 bridgehead atoms. The Morgan fingerprint density at radius 3 is 2.31 bits per heavy atom. The van der Waals surface area contributed by atoms with Crippen LogP contribution in [0.25, 0.3) is 0 Å². The first kappa shape index (κ1) is 19.7. The van der Waals surface area contributed by atoms with E-state index in [4.69, 9.17) is 4.74 Å². The monoisotopic (exact) mass is 354 g/mol. The number of carbonyl (C=O) groups is 2. The van der Waals surface area contributed by atoms with E-state index in [1.165, 1.54) is 10.5 Å². The summed E-state index contributed by atoms with van der Waals surface area (Å²) in [4.78, 5) is 27.8. The van der Waals surface area contributed by atoms with Gasteiger partial charge < -0.3 is 14.5 Å². The van der Waals surface area contributed by atoms with Gasteiger partial charge in [0.15, 0.2) is 0 Å². The molecule has 0 aliphatic carbocycles. The number of amides is 1. The van der Waals surface area contributed by atoms with E-state index in [9.17, 15) is 9.59 Å². The number of hydrogen-bond acceptors (Lipinski definition) is 4. The Morgan fingerprint density at radius 2 is 1.62 bits per heavy atom. The molecule has 0 N–H and O–H groups in total. The summed E-state index contributed by atoms with van der Waals surface area (Å²) in [6, 6.07) is 16.9. The zero-order valence-electron chi connectivity index (χ0n) is 15.6. The van der Waals surface area contributed by atoms with Crippen molar-refractivity contribution in [1.29, 1.82) is 0 Å². The van der Waals surface area contributed by atoms with Gasteiger partial charge in [-0.05, 0) is 37.2 Å². The first-order valence-electron chi connectivity index (χ1n) is 8.68. The SMILES string of the molecule is CN(CCCOC(=O)c1cccc(C(=O)N(C)C)c1)Cc1ccccc1. The maximum atomic E-state index is 12.2. The molecule has 5 nitrogen and oxygen atoms in total. The lowest BCUT2D eigenvalue weighted by atomic mass is 10.1. The molecule has 0 fully saturated rings.